The number of ether oxygens (including phenoxy) is 1. The molecule has 0 atom stereocenters. The van der Waals surface area contributed by atoms with Gasteiger partial charge in [0.2, 0.25) is 0 Å². The number of carbonyl (C=O) groups excluding carboxylic acids is 1. The molecule has 0 saturated heterocycles. The van der Waals surface area contributed by atoms with E-state index >= 15 is 0 Å². The third-order valence-electron chi connectivity index (χ3n) is 3.80. The molecule has 24 heavy (non-hydrogen) atoms. The minimum Gasteiger partial charge on any atom is -0.507 e. The van der Waals surface area contributed by atoms with Crippen LogP contribution in [0.4, 0.5) is 0 Å². The molecule has 0 bridgehead atoms. The first-order valence-electron chi connectivity index (χ1n) is 7.91. The van der Waals surface area contributed by atoms with Crippen LogP contribution in [0.3, 0.4) is 0 Å². The molecular weight excluding hydrogens is 306 g/mol. The summed E-state index contributed by atoms with van der Waals surface area (Å²) in [5.41, 5.74) is 3.28. The van der Waals surface area contributed by atoms with Gasteiger partial charge in [0.15, 0.2) is 6.29 Å². The second-order valence-corrected chi connectivity index (χ2v) is 5.66. The monoisotopic (exact) mass is 325 g/mol. The van der Waals surface area contributed by atoms with Crippen molar-refractivity contribution < 1.29 is 14.6 Å². The lowest BCUT2D eigenvalue weighted by Crippen LogP contribution is -1.98. The van der Waals surface area contributed by atoms with Crippen LogP contribution in [0, 0.1) is 6.92 Å². The maximum atomic E-state index is 10.8. The van der Waals surface area contributed by atoms with Crippen LogP contribution < -0.4 is 4.74 Å². The van der Waals surface area contributed by atoms with E-state index in [0.29, 0.717) is 24.1 Å². The molecule has 1 N–H and O–H groups in total. The molecule has 0 radical (unpaired) electrons. The second-order valence-electron chi connectivity index (χ2n) is 5.66. The first-order chi connectivity index (χ1) is 11.6. The number of hydrogen-bond donors (Lipinski definition) is 1. The smallest absolute Gasteiger partial charge is 0.153 e. The molecule has 0 aliphatic heterocycles. The molecule has 0 spiro atoms. The van der Waals surface area contributed by atoms with Gasteiger partial charge in [-0.1, -0.05) is 13.3 Å². The minimum atomic E-state index is -0.0939. The highest BCUT2D eigenvalue weighted by molar-refractivity contribution is 5.80. The van der Waals surface area contributed by atoms with Gasteiger partial charge in [-0.3, -0.25) is 4.79 Å². The Balaban J connectivity index is 1.96. The van der Waals surface area contributed by atoms with Gasteiger partial charge in [0.25, 0.3) is 0 Å². The normalized spacial score (nSPS) is 10.9. The molecule has 124 valence electrons. The fourth-order valence-corrected chi connectivity index (χ4v) is 2.40. The third-order valence-corrected chi connectivity index (χ3v) is 3.80. The topological polar surface area (TPSA) is 77.2 Å². The summed E-state index contributed by atoms with van der Waals surface area (Å²) in [4.78, 5) is 12.2. The van der Waals surface area contributed by atoms with Crippen LogP contribution in [0.15, 0.2) is 30.3 Å². The van der Waals surface area contributed by atoms with Crippen molar-refractivity contribution in [3.05, 3.63) is 41.5 Å². The Morgan fingerprint density at radius 1 is 1.21 bits per heavy atom. The lowest BCUT2D eigenvalue weighted by molar-refractivity contribution is 0.112. The molecule has 3 aromatic rings. The maximum absolute atomic E-state index is 10.8. The molecule has 0 aliphatic carbocycles. The van der Waals surface area contributed by atoms with E-state index in [1.54, 1.807) is 6.07 Å². The number of unbranched alkanes of at least 4 members (excludes halogenated alkanes) is 1. The maximum Gasteiger partial charge on any atom is 0.153 e. The van der Waals surface area contributed by atoms with Gasteiger partial charge in [0.1, 0.15) is 22.5 Å². The van der Waals surface area contributed by atoms with Crippen LogP contribution in [0.5, 0.6) is 11.5 Å². The van der Waals surface area contributed by atoms with Crippen LogP contribution in [0.1, 0.15) is 35.7 Å². The number of hydrogen-bond acceptors (Lipinski definition) is 5. The molecule has 0 aliphatic rings. The van der Waals surface area contributed by atoms with Crippen molar-refractivity contribution in [3.63, 3.8) is 0 Å². The first-order valence-corrected chi connectivity index (χ1v) is 7.91. The van der Waals surface area contributed by atoms with E-state index in [4.69, 9.17) is 4.74 Å². The van der Waals surface area contributed by atoms with E-state index in [-0.39, 0.29) is 11.3 Å². The van der Waals surface area contributed by atoms with Crippen molar-refractivity contribution in [2.45, 2.75) is 26.7 Å². The average molecular weight is 325 g/mol. The highest BCUT2D eigenvalue weighted by Gasteiger charge is 2.10. The number of nitrogens with zero attached hydrogens (tertiary/aromatic N) is 3. The molecule has 0 saturated carbocycles. The standard InChI is InChI=1S/C18H19N3O3/c1-3-4-7-24-18-10-16-15(8-12(18)2)19-21(20-16)14-6-5-13(11-22)17(23)9-14/h5-6,8-11,23H,3-4,7H2,1-2H3. The van der Waals surface area contributed by atoms with Gasteiger partial charge < -0.3 is 9.84 Å². The predicted molar refractivity (Wildman–Crippen MR) is 91.1 cm³/mol. The molecular formula is C18H19N3O3. The number of rotatable bonds is 6. The molecule has 0 unspecified atom stereocenters. The second kappa shape index (κ2) is 6.70. The zero-order chi connectivity index (χ0) is 17.1. The molecule has 3 rings (SSSR count). The van der Waals surface area contributed by atoms with Crippen LogP contribution in [0.2, 0.25) is 0 Å². The Hall–Kier alpha value is -2.89. The summed E-state index contributed by atoms with van der Waals surface area (Å²) in [6, 6.07) is 8.50. The van der Waals surface area contributed by atoms with Gasteiger partial charge in [0, 0.05) is 12.1 Å². The van der Waals surface area contributed by atoms with E-state index in [1.807, 2.05) is 19.1 Å². The van der Waals surface area contributed by atoms with Crippen molar-refractivity contribution in [1.29, 1.82) is 0 Å². The van der Waals surface area contributed by atoms with Crippen LogP contribution >= 0.6 is 0 Å². The number of aldehydes is 1. The number of phenols is 1. The molecule has 0 amide bonds. The zero-order valence-corrected chi connectivity index (χ0v) is 13.7. The highest BCUT2D eigenvalue weighted by atomic mass is 16.5. The summed E-state index contributed by atoms with van der Waals surface area (Å²) in [7, 11) is 0. The van der Waals surface area contributed by atoms with E-state index in [1.165, 1.54) is 16.9 Å². The van der Waals surface area contributed by atoms with Gasteiger partial charge in [-0.2, -0.15) is 4.80 Å². The number of phenolic OH excluding ortho intramolecular Hbond substituents is 1. The fraction of sp³-hybridized carbons (Fsp3) is 0.278. The molecule has 6 nitrogen and oxygen atoms in total. The van der Waals surface area contributed by atoms with Gasteiger partial charge in [-0.15, -0.1) is 10.2 Å². The van der Waals surface area contributed by atoms with Crippen molar-refractivity contribution in [2.24, 2.45) is 0 Å². The Morgan fingerprint density at radius 2 is 1.96 bits per heavy atom. The number of carbonyl (C=O) groups is 1. The third kappa shape index (κ3) is 3.08. The lowest BCUT2D eigenvalue weighted by atomic mass is 10.2. The van der Waals surface area contributed by atoms with Gasteiger partial charge in [0.05, 0.1) is 17.9 Å². The Bertz CT molecular complexity index is 887. The SMILES string of the molecule is CCCCOc1cc2nn(-c3ccc(C=O)c(O)c3)nc2cc1C. The van der Waals surface area contributed by atoms with E-state index in [9.17, 15) is 9.90 Å². The zero-order valence-electron chi connectivity index (χ0n) is 13.7. The lowest BCUT2D eigenvalue weighted by Gasteiger charge is -2.07. The Morgan fingerprint density at radius 3 is 2.62 bits per heavy atom. The first kappa shape index (κ1) is 16.0. The average Bonchev–Trinajstić information content (AvgIpc) is 2.98. The minimum absolute atomic E-state index is 0.0939. The predicted octanol–water partition coefficient (Wildman–Crippen LogP) is 3.43. The quantitative estimate of drug-likeness (QED) is 0.555. The van der Waals surface area contributed by atoms with Crippen molar-refractivity contribution in [3.8, 4) is 17.2 Å². The van der Waals surface area contributed by atoms with Crippen molar-refractivity contribution in [1.82, 2.24) is 15.0 Å². The molecule has 1 heterocycles. The van der Waals surface area contributed by atoms with Crippen LogP contribution in [-0.2, 0) is 0 Å². The Labute approximate surface area is 139 Å². The number of aromatic hydroxyl groups is 1. The number of aromatic nitrogens is 3. The van der Waals surface area contributed by atoms with Gasteiger partial charge in [-0.05, 0) is 37.1 Å². The largest absolute Gasteiger partial charge is 0.507 e. The van der Waals surface area contributed by atoms with Crippen LogP contribution in [-0.4, -0.2) is 33.0 Å². The molecule has 6 heteroatoms. The van der Waals surface area contributed by atoms with Gasteiger partial charge in [-0.25, -0.2) is 0 Å². The summed E-state index contributed by atoms with van der Waals surface area (Å²) >= 11 is 0. The number of benzene rings is 2. The number of aryl methyl sites for hydroxylation is 1. The van der Waals surface area contributed by atoms with E-state index < -0.39 is 0 Å². The molecule has 0 fully saturated rings. The molecule has 2 aromatic carbocycles. The van der Waals surface area contributed by atoms with E-state index in [2.05, 4.69) is 17.1 Å². The summed E-state index contributed by atoms with van der Waals surface area (Å²) < 4.78 is 5.79. The summed E-state index contributed by atoms with van der Waals surface area (Å²) in [5.74, 6) is 0.714. The number of fused-ring (bicyclic) bond motifs is 1. The highest BCUT2D eigenvalue weighted by Crippen LogP contribution is 2.25. The van der Waals surface area contributed by atoms with Crippen molar-refractivity contribution >= 4 is 17.3 Å². The Kier molecular flexibility index (Phi) is 4.46. The summed E-state index contributed by atoms with van der Waals surface area (Å²) in [5, 5.41) is 18.7. The molecule has 1 aromatic heterocycles. The van der Waals surface area contributed by atoms with E-state index in [0.717, 1.165) is 29.7 Å². The summed E-state index contributed by atoms with van der Waals surface area (Å²) in [6.07, 6.45) is 2.69. The van der Waals surface area contributed by atoms with Gasteiger partial charge >= 0.3 is 0 Å². The fourth-order valence-electron chi connectivity index (χ4n) is 2.40. The van der Waals surface area contributed by atoms with Crippen molar-refractivity contribution in [2.75, 3.05) is 6.61 Å². The summed E-state index contributed by atoms with van der Waals surface area (Å²) in [6.45, 7) is 4.78. The van der Waals surface area contributed by atoms with Crippen LogP contribution in [0.25, 0.3) is 16.7 Å².